The standard InChI is InChI=1S/C32H31N5O4/c33-28-27-26(20-4-3-5-23(14-20)40-17-32-10-8-22(41-32)9-11-32)16-36(29(27)35-18-34-28)21-12-19(13-21)15-37-30(38)24-6-1-2-7-25(24)31(37)39/h1-7,14,16,18-19,21-22H,8-13,15,17H2,(H2,33,34,35). The summed E-state index contributed by atoms with van der Waals surface area (Å²) >= 11 is 0. The van der Waals surface area contributed by atoms with Gasteiger partial charge in [0, 0.05) is 24.3 Å². The molecule has 1 aliphatic carbocycles. The average molecular weight is 550 g/mol. The van der Waals surface area contributed by atoms with Gasteiger partial charge in [-0.15, -0.1) is 0 Å². The minimum Gasteiger partial charge on any atom is -0.491 e. The van der Waals surface area contributed by atoms with Crippen LogP contribution >= 0.6 is 0 Å². The molecule has 3 aliphatic heterocycles. The van der Waals surface area contributed by atoms with Gasteiger partial charge >= 0.3 is 0 Å². The number of fused-ring (bicyclic) bond motifs is 4. The molecular weight excluding hydrogens is 518 g/mol. The van der Waals surface area contributed by atoms with Gasteiger partial charge in [-0.1, -0.05) is 24.3 Å². The summed E-state index contributed by atoms with van der Waals surface area (Å²) in [6, 6.07) is 15.3. The van der Waals surface area contributed by atoms with Crippen molar-refractivity contribution in [1.82, 2.24) is 19.4 Å². The Morgan fingerprint density at radius 2 is 1.73 bits per heavy atom. The van der Waals surface area contributed by atoms with Gasteiger partial charge in [0.15, 0.2) is 0 Å². The summed E-state index contributed by atoms with van der Waals surface area (Å²) in [7, 11) is 0. The first kappa shape index (κ1) is 24.5. The molecule has 2 saturated heterocycles. The van der Waals surface area contributed by atoms with E-state index in [-0.39, 0.29) is 29.4 Å². The second-order valence-electron chi connectivity index (χ2n) is 12.0. The van der Waals surface area contributed by atoms with E-state index in [0.717, 1.165) is 66.4 Å². The molecule has 3 fully saturated rings. The van der Waals surface area contributed by atoms with Crippen LogP contribution in [-0.2, 0) is 4.74 Å². The van der Waals surface area contributed by atoms with Crippen molar-refractivity contribution in [2.75, 3.05) is 18.9 Å². The molecule has 2 N–H and O–H groups in total. The van der Waals surface area contributed by atoms with Crippen LogP contribution in [0.4, 0.5) is 5.82 Å². The van der Waals surface area contributed by atoms with Gasteiger partial charge in [-0.05, 0) is 74.3 Å². The molecule has 2 amide bonds. The maximum Gasteiger partial charge on any atom is 0.261 e. The number of hydrogen-bond donors (Lipinski definition) is 1. The Kier molecular flexibility index (Phi) is 5.47. The number of carbonyl (C=O) groups excluding carboxylic acids is 2. The molecule has 2 bridgehead atoms. The van der Waals surface area contributed by atoms with Crippen LogP contribution in [0.1, 0.15) is 65.3 Å². The topological polar surface area (TPSA) is 113 Å². The molecule has 9 heteroatoms. The van der Waals surface area contributed by atoms with Crippen LogP contribution in [-0.4, -0.2) is 56.1 Å². The van der Waals surface area contributed by atoms with Crippen LogP contribution in [0.5, 0.6) is 5.75 Å². The average Bonchev–Trinajstić information content (AvgIpc) is 3.73. The normalized spacial score (nSPS) is 26.5. The van der Waals surface area contributed by atoms with Crippen LogP contribution in [0.25, 0.3) is 22.2 Å². The van der Waals surface area contributed by atoms with Gasteiger partial charge in [0.05, 0.1) is 22.6 Å². The van der Waals surface area contributed by atoms with Crippen molar-refractivity contribution >= 4 is 28.7 Å². The number of benzene rings is 2. The Labute approximate surface area is 237 Å². The summed E-state index contributed by atoms with van der Waals surface area (Å²) in [6.45, 7) is 0.994. The van der Waals surface area contributed by atoms with Crippen molar-refractivity contribution in [2.24, 2.45) is 5.92 Å². The zero-order valence-corrected chi connectivity index (χ0v) is 22.7. The lowest BCUT2D eigenvalue weighted by atomic mass is 9.79. The highest BCUT2D eigenvalue weighted by molar-refractivity contribution is 6.21. The van der Waals surface area contributed by atoms with Crippen LogP contribution in [0.2, 0.25) is 0 Å². The fraction of sp³-hybridized carbons (Fsp3) is 0.375. The number of nitrogen functional groups attached to an aromatic ring is 1. The molecule has 4 aromatic rings. The highest BCUT2D eigenvalue weighted by Crippen LogP contribution is 2.45. The largest absolute Gasteiger partial charge is 0.491 e. The van der Waals surface area contributed by atoms with Gasteiger partial charge in [-0.3, -0.25) is 14.5 Å². The van der Waals surface area contributed by atoms with E-state index < -0.39 is 0 Å². The fourth-order valence-electron chi connectivity index (χ4n) is 7.20. The van der Waals surface area contributed by atoms with E-state index >= 15 is 0 Å². The van der Waals surface area contributed by atoms with Crippen molar-refractivity contribution in [3.63, 3.8) is 0 Å². The molecule has 208 valence electrons. The molecule has 4 aliphatic rings. The minimum absolute atomic E-state index is 0.136. The number of carbonyl (C=O) groups is 2. The summed E-state index contributed by atoms with van der Waals surface area (Å²) in [4.78, 5) is 36.0. The first-order valence-electron chi connectivity index (χ1n) is 14.5. The van der Waals surface area contributed by atoms with Crippen molar-refractivity contribution < 1.29 is 19.1 Å². The summed E-state index contributed by atoms with van der Waals surface area (Å²) in [6.07, 6.45) is 10.1. The summed E-state index contributed by atoms with van der Waals surface area (Å²) in [5.74, 6) is 1.07. The molecule has 41 heavy (non-hydrogen) atoms. The molecule has 5 heterocycles. The molecule has 2 aromatic heterocycles. The maximum atomic E-state index is 12.8. The number of rotatable bonds is 7. The Morgan fingerprint density at radius 3 is 2.44 bits per heavy atom. The smallest absolute Gasteiger partial charge is 0.261 e. The Morgan fingerprint density at radius 1 is 0.976 bits per heavy atom. The van der Waals surface area contributed by atoms with Gasteiger partial charge in [0.1, 0.15) is 35.7 Å². The summed E-state index contributed by atoms with van der Waals surface area (Å²) < 4.78 is 14.6. The zero-order chi connectivity index (χ0) is 27.7. The minimum atomic E-state index is -0.197. The Bertz CT molecular complexity index is 1660. The van der Waals surface area contributed by atoms with Gasteiger partial charge in [-0.2, -0.15) is 0 Å². The maximum absolute atomic E-state index is 12.8. The van der Waals surface area contributed by atoms with E-state index in [1.165, 1.54) is 11.2 Å². The van der Waals surface area contributed by atoms with Crippen molar-refractivity contribution in [2.45, 2.75) is 56.3 Å². The van der Waals surface area contributed by atoms with E-state index in [1.54, 1.807) is 24.3 Å². The number of imide groups is 1. The highest BCUT2D eigenvalue weighted by atomic mass is 16.6. The predicted molar refractivity (Wildman–Crippen MR) is 153 cm³/mol. The third kappa shape index (κ3) is 3.94. The van der Waals surface area contributed by atoms with E-state index in [4.69, 9.17) is 15.2 Å². The van der Waals surface area contributed by atoms with E-state index in [1.807, 2.05) is 12.1 Å². The lowest BCUT2D eigenvalue weighted by Crippen LogP contribution is -2.40. The molecule has 0 radical (unpaired) electrons. The number of hydrogen-bond acceptors (Lipinski definition) is 7. The SMILES string of the molecule is Nc1ncnc2c1c(-c1cccc(OCC34CCC(CC3)O4)c1)cn2C1CC(CN2C(=O)c3ccccc3C2=O)C1. The van der Waals surface area contributed by atoms with Crippen molar-refractivity contribution in [3.05, 3.63) is 72.2 Å². The van der Waals surface area contributed by atoms with E-state index in [9.17, 15) is 9.59 Å². The lowest BCUT2D eigenvalue weighted by molar-refractivity contribution is -0.0198. The number of ether oxygens (including phenoxy) is 2. The first-order valence-corrected chi connectivity index (χ1v) is 14.5. The van der Waals surface area contributed by atoms with Gasteiger partial charge in [0.2, 0.25) is 0 Å². The second kappa shape index (κ2) is 9.14. The quantitative estimate of drug-likeness (QED) is 0.322. The van der Waals surface area contributed by atoms with Crippen molar-refractivity contribution in [1.29, 1.82) is 0 Å². The molecule has 9 nitrogen and oxygen atoms in total. The Balaban J connectivity index is 1.02. The molecular formula is C32H31N5O4. The van der Waals surface area contributed by atoms with Gasteiger partial charge in [0.25, 0.3) is 11.8 Å². The summed E-state index contributed by atoms with van der Waals surface area (Å²) in [5.41, 5.74) is 10.00. The van der Waals surface area contributed by atoms with Crippen LogP contribution in [0, 0.1) is 5.92 Å². The van der Waals surface area contributed by atoms with Gasteiger partial charge < -0.3 is 19.8 Å². The molecule has 0 unspecified atom stereocenters. The molecule has 0 atom stereocenters. The summed E-state index contributed by atoms with van der Waals surface area (Å²) in [5, 5.41) is 0.824. The fourth-order valence-corrected chi connectivity index (χ4v) is 7.20. The van der Waals surface area contributed by atoms with E-state index in [2.05, 4.69) is 32.9 Å². The first-order chi connectivity index (χ1) is 20.0. The molecule has 2 aromatic carbocycles. The monoisotopic (exact) mass is 549 g/mol. The molecule has 1 saturated carbocycles. The number of nitrogens with zero attached hydrogens (tertiary/aromatic N) is 4. The molecule has 8 rings (SSSR count). The third-order valence-electron chi connectivity index (χ3n) is 9.47. The number of nitrogens with two attached hydrogens (primary N) is 1. The number of aromatic nitrogens is 3. The molecule has 0 spiro atoms. The van der Waals surface area contributed by atoms with Crippen molar-refractivity contribution in [3.8, 4) is 16.9 Å². The number of amides is 2. The highest BCUT2D eigenvalue weighted by Gasteiger charge is 2.47. The van der Waals surface area contributed by atoms with Crippen LogP contribution in [0.15, 0.2) is 61.1 Å². The van der Waals surface area contributed by atoms with Crippen LogP contribution < -0.4 is 10.5 Å². The Hall–Kier alpha value is -4.24. The lowest BCUT2D eigenvalue weighted by Gasteiger charge is -2.38. The zero-order valence-electron chi connectivity index (χ0n) is 22.7. The third-order valence-corrected chi connectivity index (χ3v) is 9.47. The predicted octanol–water partition coefficient (Wildman–Crippen LogP) is 5.02. The van der Waals surface area contributed by atoms with E-state index in [0.29, 0.717) is 36.2 Å². The van der Waals surface area contributed by atoms with Crippen LogP contribution in [0.3, 0.4) is 0 Å². The second-order valence-corrected chi connectivity index (χ2v) is 12.0. The number of anilines is 1. The van der Waals surface area contributed by atoms with Gasteiger partial charge in [-0.25, -0.2) is 9.97 Å².